The summed E-state index contributed by atoms with van der Waals surface area (Å²) < 4.78 is 10.4. The monoisotopic (exact) mass is 391 g/mol. The van der Waals surface area contributed by atoms with Crippen molar-refractivity contribution in [1.82, 2.24) is 4.98 Å². The molecule has 1 heterocycles. The van der Waals surface area contributed by atoms with Crippen LogP contribution in [0.25, 0.3) is 0 Å². The van der Waals surface area contributed by atoms with Crippen LogP contribution >= 0.6 is 0 Å². The number of amides is 2. The zero-order valence-electron chi connectivity index (χ0n) is 16.4. The van der Waals surface area contributed by atoms with E-state index < -0.39 is 11.8 Å². The Hall–Kier alpha value is -3.87. The predicted molar refractivity (Wildman–Crippen MR) is 111 cm³/mol. The van der Waals surface area contributed by atoms with Crippen molar-refractivity contribution >= 4 is 23.2 Å². The number of carbonyl (C=O) groups excluding carboxylic acids is 2. The van der Waals surface area contributed by atoms with Gasteiger partial charge in [0.05, 0.1) is 19.9 Å². The van der Waals surface area contributed by atoms with Crippen LogP contribution in [0.3, 0.4) is 0 Å². The number of nitrogens with zero attached hydrogens (tertiary/aromatic N) is 1. The summed E-state index contributed by atoms with van der Waals surface area (Å²) in [6.07, 6.45) is 0. The third kappa shape index (κ3) is 4.90. The number of hydrogen-bond acceptors (Lipinski definition) is 5. The first-order valence-electron chi connectivity index (χ1n) is 8.88. The summed E-state index contributed by atoms with van der Waals surface area (Å²) in [5, 5.41) is 5.52. The van der Waals surface area contributed by atoms with E-state index in [9.17, 15) is 9.59 Å². The average molecular weight is 391 g/mol. The van der Waals surface area contributed by atoms with Crippen molar-refractivity contribution in [3.05, 3.63) is 77.6 Å². The highest BCUT2D eigenvalue weighted by Gasteiger charge is 2.14. The first-order chi connectivity index (χ1) is 14.0. The van der Waals surface area contributed by atoms with Gasteiger partial charge >= 0.3 is 0 Å². The van der Waals surface area contributed by atoms with Gasteiger partial charge in [-0.25, -0.2) is 4.98 Å². The maximum Gasteiger partial charge on any atom is 0.274 e. The fourth-order valence-corrected chi connectivity index (χ4v) is 2.66. The summed E-state index contributed by atoms with van der Waals surface area (Å²) >= 11 is 0. The summed E-state index contributed by atoms with van der Waals surface area (Å²) in [5.74, 6) is 0.370. The zero-order valence-corrected chi connectivity index (χ0v) is 16.4. The van der Waals surface area contributed by atoms with Crippen LogP contribution in [0.4, 0.5) is 11.4 Å². The van der Waals surface area contributed by atoms with Crippen LogP contribution in [-0.2, 0) is 0 Å². The Morgan fingerprint density at radius 1 is 0.828 bits per heavy atom. The van der Waals surface area contributed by atoms with Gasteiger partial charge in [0.25, 0.3) is 11.8 Å². The molecule has 0 radical (unpaired) electrons. The van der Waals surface area contributed by atoms with Gasteiger partial charge in [-0.1, -0.05) is 12.1 Å². The molecule has 1 aromatic heterocycles. The van der Waals surface area contributed by atoms with E-state index in [4.69, 9.17) is 9.47 Å². The van der Waals surface area contributed by atoms with Gasteiger partial charge in [0, 0.05) is 5.69 Å². The molecular weight excluding hydrogens is 370 g/mol. The van der Waals surface area contributed by atoms with Gasteiger partial charge in [-0.3, -0.25) is 9.59 Å². The van der Waals surface area contributed by atoms with Crippen LogP contribution in [0.15, 0.2) is 60.7 Å². The Kier molecular flexibility index (Phi) is 6.09. The SMILES string of the molecule is COc1ccc(NC(=O)c2cccc(C(=O)Nc3cc(C)ccc3OC)n2)cc1. The molecule has 7 nitrogen and oxygen atoms in total. The van der Waals surface area contributed by atoms with Crippen molar-refractivity contribution in [2.45, 2.75) is 6.92 Å². The van der Waals surface area contributed by atoms with Crippen LogP contribution in [0.5, 0.6) is 11.5 Å². The van der Waals surface area contributed by atoms with Crippen molar-refractivity contribution < 1.29 is 19.1 Å². The van der Waals surface area contributed by atoms with Gasteiger partial charge in [-0.2, -0.15) is 0 Å². The van der Waals surface area contributed by atoms with E-state index >= 15 is 0 Å². The minimum Gasteiger partial charge on any atom is -0.497 e. The Morgan fingerprint density at radius 2 is 1.48 bits per heavy atom. The van der Waals surface area contributed by atoms with Gasteiger partial charge in [0.1, 0.15) is 22.9 Å². The standard InChI is InChI=1S/C22H21N3O4/c1-14-7-12-20(29-3)19(13-14)25-22(27)18-6-4-5-17(24-18)21(26)23-15-8-10-16(28-2)11-9-15/h4-13H,1-3H3,(H,23,26)(H,25,27). The van der Waals surface area contributed by atoms with E-state index in [-0.39, 0.29) is 11.4 Å². The third-order valence-electron chi connectivity index (χ3n) is 4.17. The lowest BCUT2D eigenvalue weighted by atomic mass is 10.2. The third-order valence-corrected chi connectivity index (χ3v) is 4.17. The highest BCUT2D eigenvalue weighted by molar-refractivity contribution is 6.06. The Labute approximate surface area is 168 Å². The van der Waals surface area contributed by atoms with E-state index in [0.29, 0.717) is 22.9 Å². The van der Waals surface area contributed by atoms with Gasteiger partial charge in [-0.05, 0) is 61.0 Å². The van der Waals surface area contributed by atoms with Crippen molar-refractivity contribution in [3.8, 4) is 11.5 Å². The second kappa shape index (κ2) is 8.88. The zero-order chi connectivity index (χ0) is 20.8. The summed E-state index contributed by atoms with van der Waals surface area (Å²) in [4.78, 5) is 29.3. The molecule has 0 unspecified atom stereocenters. The molecule has 0 fully saturated rings. The van der Waals surface area contributed by atoms with E-state index in [0.717, 1.165) is 5.56 Å². The molecule has 0 bridgehead atoms. The Balaban J connectivity index is 1.75. The van der Waals surface area contributed by atoms with Crippen LogP contribution in [-0.4, -0.2) is 31.0 Å². The molecule has 148 valence electrons. The van der Waals surface area contributed by atoms with Crippen molar-refractivity contribution in [2.75, 3.05) is 24.9 Å². The minimum absolute atomic E-state index is 0.121. The van der Waals surface area contributed by atoms with E-state index in [1.165, 1.54) is 7.11 Å². The first-order valence-corrected chi connectivity index (χ1v) is 8.88. The topological polar surface area (TPSA) is 89.5 Å². The number of rotatable bonds is 6. The number of aryl methyl sites for hydroxylation is 1. The molecule has 2 amide bonds. The molecule has 3 aromatic rings. The van der Waals surface area contributed by atoms with Crippen LogP contribution in [0.1, 0.15) is 26.5 Å². The van der Waals surface area contributed by atoms with E-state index in [1.807, 2.05) is 13.0 Å². The average Bonchev–Trinajstić information content (AvgIpc) is 2.74. The number of nitrogens with one attached hydrogen (secondary N) is 2. The van der Waals surface area contributed by atoms with Crippen LogP contribution in [0.2, 0.25) is 0 Å². The second-order valence-corrected chi connectivity index (χ2v) is 6.25. The molecule has 0 aliphatic rings. The van der Waals surface area contributed by atoms with Crippen molar-refractivity contribution in [1.29, 1.82) is 0 Å². The van der Waals surface area contributed by atoms with Crippen molar-refractivity contribution in [2.24, 2.45) is 0 Å². The summed E-state index contributed by atoms with van der Waals surface area (Å²) in [6.45, 7) is 1.91. The maximum absolute atomic E-state index is 12.6. The Morgan fingerprint density at radius 3 is 2.10 bits per heavy atom. The number of aromatic nitrogens is 1. The molecular formula is C22H21N3O4. The summed E-state index contributed by atoms with van der Waals surface area (Å²) in [5.41, 5.74) is 2.35. The molecule has 2 aromatic carbocycles. The summed E-state index contributed by atoms with van der Waals surface area (Å²) in [7, 11) is 3.10. The number of methoxy groups -OCH3 is 2. The lowest BCUT2D eigenvalue weighted by Crippen LogP contribution is -2.18. The first kappa shape index (κ1) is 19.9. The fraction of sp³-hybridized carbons (Fsp3) is 0.136. The van der Waals surface area contributed by atoms with Crippen molar-refractivity contribution in [3.63, 3.8) is 0 Å². The minimum atomic E-state index is -0.437. The largest absolute Gasteiger partial charge is 0.497 e. The number of pyridine rings is 1. The van der Waals surface area contributed by atoms with Gasteiger partial charge < -0.3 is 20.1 Å². The highest BCUT2D eigenvalue weighted by Crippen LogP contribution is 2.25. The molecule has 0 atom stereocenters. The molecule has 7 heteroatoms. The highest BCUT2D eigenvalue weighted by atomic mass is 16.5. The molecule has 29 heavy (non-hydrogen) atoms. The Bertz CT molecular complexity index is 1030. The maximum atomic E-state index is 12.6. The molecule has 0 saturated carbocycles. The number of carbonyl (C=O) groups is 2. The van der Waals surface area contributed by atoms with Crippen LogP contribution in [0, 0.1) is 6.92 Å². The number of ether oxygens (including phenoxy) is 2. The molecule has 0 aliphatic carbocycles. The molecule has 2 N–H and O–H groups in total. The molecule has 0 aliphatic heterocycles. The lowest BCUT2D eigenvalue weighted by molar-refractivity contribution is 0.101. The molecule has 0 saturated heterocycles. The van der Waals surface area contributed by atoms with Gasteiger partial charge in [-0.15, -0.1) is 0 Å². The smallest absolute Gasteiger partial charge is 0.274 e. The van der Waals surface area contributed by atoms with E-state index in [2.05, 4.69) is 15.6 Å². The predicted octanol–water partition coefficient (Wildman–Crippen LogP) is 3.91. The van der Waals surface area contributed by atoms with Gasteiger partial charge in [0.15, 0.2) is 0 Å². The number of hydrogen-bond donors (Lipinski definition) is 2. The summed E-state index contributed by atoms with van der Waals surface area (Å²) in [6, 6.07) is 17.1. The molecule has 0 spiro atoms. The quantitative estimate of drug-likeness (QED) is 0.665. The normalized spacial score (nSPS) is 10.2. The van der Waals surface area contributed by atoms with Crippen LogP contribution < -0.4 is 20.1 Å². The molecule has 3 rings (SSSR count). The second-order valence-electron chi connectivity index (χ2n) is 6.25. The number of benzene rings is 2. The number of anilines is 2. The van der Waals surface area contributed by atoms with E-state index in [1.54, 1.807) is 61.7 Å². The van der Waals surface area contributed by atoms with Gasteiger partial charge in [0.2, 0.25) is 0 Å². The fourth-order valence-electron chi connectivity index (χ4n) is 2.66. The lowest BCUT2D eigenvalue weighted by Gasteiger charge is -2.11.